The van der Waals surface area contributed by atoms with Crippen LogP contribution in [0, 0.1) is 5.92 Å². The molecule has 31 heavy (non-hydrogen) atoms. The second-order valence-corrected chi connectivity index (χ2v) is 8.49. The fourth-order valence-corrected chi connectivity index (χ4v) is 4.64. The fraction of sp³-hybridized carbons (Fsp3) is 0.200. The van der Waals surface area contributed by atoms with E-state index in [2.05, 4.69) is 15.9 Å². The molecule has 0 radical (unpaired) electrons. The highest BCUT2D eigenvalue weighted by atomic mass is 79.9. The average molecular weight is 480 g/mol. The van der Waals surface area contributed by atoms with Crippen molar-refractivity contribution in [2.24, 2.45) is 11.7 Å². The molecule has 3 N–H and O–H groups in total. The second-order valence-electron chi connectivity index (χ2n) is 7.63. The predicted octanol–water partition coefficient (Wildman–Crippen LogP) is 4.38. The van der Waals surface area contributed by atoms with Crippen LogP contribution in [-0.4, -0.2) is 29.7 Å². The molecule has 0 fully saturated rings. The van der Waals surface area contributed by atoms with Crippen molar-refractivity contribution < 1.29 is 19.4 Å². The lowest BCUT2D eigenvalue weighted by Crippen LogP contribution is -2.43. The standard InChI is InChI=1S/C25H22BrNO4/c26-21-12-6-1-7-15(21)13-22(27)23(24(28)29)25(30)31-14-20-18-10-4-2-8-16(18)17-9-3-5-11-19(17)20/h1-12,20,22-23H,13-14,27H2,(H,28,29)/t22-,23-/m1/s1. The van der Waals surface area contributed by atoms with Crippen LogP contribution in [0.1, 0.15) is 22.6 Å². The number of rotatable bonds is 7. The van der Waals surface area contributed by atoms with Crippen molar-refractivity contribution in [2.45, 2.75) is 18.4 Å². The van der Waals surface area contributed by atoms with E-state index < -0.39 is 23.9 Å². The Balaban J connectivity index is 1.50. The minimum absolute atomic E-state index is 0.0678. The number of halogens is 1. The third-order valence-corrected chi connectivity index (χ3v) is 6.49. The Bertz CT molecular complexity index is 1080. The smallest absolute Gasteiger partial charge is 0.321 e. The van der Waals surface area contributed by atoms with Gasteiger partial charge in [-0.25, -0.2) is 0 Å². The van der Waals surface area contributed by atoms with Crippen LogP contribution in [0.4, 0.5) is 0 Å². The van der Waals surface area contributed by atoms with E-state index in [0.29, 0.717) is 0 Å². The molecule has 0 aromatic heterocycles. The summed E-state index contributed by atoms with van der Waals surface area (Å²) in [4.78, 5) is 24.6. The summed E-state index contributed by atoms with van der Waals surface area (Å²) < 4.78 is 6.36. The highest BCUT2D eigenvalue weighted by Crippen LogP contribution is 2.44. The molecule has 0 spiro atoms. The molecule has 4 rings (SSSR count). The van der Waals surface area contributed by atoms with Crippen molar-refractivity contribution in [2.75, 3.05) is 6.61 Å². The number of carboxylic acids is 1. The van der Waals surface area contributed by atoms with Crippen LogP contribution < -0.4 is 5.73 Å². The van der Waals surface area contributed by atoms with E-state index in [9.17, 15) is 14.7 Å². The van der Waals surface area contributed by atoms with E-state index in [1.807, 2.05) is 72.8 Å². The minimum atomic E-state index is -1.45. The number of benzene rings is 3. The van der Waals surface area contributed by atoms with Gasteiger partial charge in [-0.2, -0.15) is 0 Å². The van der Waals surface area contributed by atoms with Gasteiger partial charge in [-0.1, -0.05) is 82.7 Å². The summed E-state index contributed by atoms with van der Waals surface area (Å²) in [6, 6.07) is 22.5. The first kappa shape index (κ1) is 21.3. The summed E-state index contributed by atoms with van der Waals surface area (Å²) in [5.74, 6) is -3.67. The Morgan fingerprint density at radius 2 is 1.48 bits per heavy atom. The third-order valence-electron chi connectivity index (χ3n) is 5.72. The number of aliphatic carboxylic acids is 1. The maximum absolute atomic E-state index is 12.8. The van der Waals surface area contributed by atoms with Crippen LogP contribution in [0.3, 0.4) is 0 Å². The number of ether oxygens (including phenoxy) is 1. The molecule has 6 heteroatoms. The Kier molecular flexibility index (Phi) is 6.20. The van der Waals surface area contributed by atoms with E-state index in [1.165, 1.54) is 0 Å². The first-order chi connectivity index (χ1) is 15.0. The molecule has 0 saturated heterocycles. The van der Waals surface area contributed by atoms with E-state index in [4.69, 9.17) is 10.5 Å². The molecule has 158 valence electrons. The van der Waals surface area contributed by atoms with Gasteiger partial charge in [-0.15, -0.1) is 0 Å². The van der Waals surface area contributed by atoms with Gasteiger partial charge in [0, 0.05) is 16.4 Å². The largest absolute Gasteiger partial charge is 0.481 e. The molecule has 0 unspecified atom stereocenters. The van der Waals surface area contributed by atoms with Crippen LogP contribution in [0.5, 0.6) is 0 Å². The number of carbonyl (C=O) groups is 2. The van der Waals surface area contributed by atoms with Gasteiger partial charge >= 0.3 is 11.9 Å². The SMILES string of the molecule is N[C@H](Cc1ccccc1Br)[C@H](C(=O)O)C(=O)OCC1c2ccccc2-c2ccccc21. The first-order valence-corrected chi connectivity index (χ1v) is 10.8. The zero-order valence-corrected chi connectivity index (χ0v) is 18.3. The van der Waals surface area contributed by atoms with Crippen LogP contribution in [0.15, 0.2) is 77.3 Å². The highest BCUT2D eigenvalue weighted by molar-refractivity contribution is 9.10. The van der Waals surface area contributed by atoms with Crippen molar-refractivity contribution >= 4 is 27.9 Å². The fourth-order valence-electron chi connectivity index (χ4n) is 4.19. The third kappa shape index (κ3) is 4.27. The van der Waals surface area contributed by atoms with Crippen LogP contribution in [-0.2, 0) is 20.7 Å². The molecular formula is C25H22BrNO4. The van der Waals surface area contributed by atoms with Crippen molar-refractivity contribution in [3.63, 3.8) is 0 Å². The molecule has 1 aliphatic carbocycles. The monoisotopic (exact) mass is 479 g/mol. The zero-order chi connectivity index (χ0) is 22.0. The average Bonchev–Trinajstić information content (AvgIpc) is 3.07. The molecular weight excluding hydrogens is 458 g/mol. The summed E-state index contributed by atoms with van der Waals surface area (Å²) >= 11 is 3.43. The Hall–Kier alpha value is -2.96. The van der Waals surface area contributed by atoms with Crippen molar-refractivity contribution in [1.29, 1.82) is 0 Å². The molecule has 0 amide bonds. The number of hydrogen-bond acceptors (Lipinski definition) is 4. The Labute approximate surface area is 189 Å². The molecule has 0 aliphatic heterocycles. The summed E-state index contributed by atoms with van der Waals surface area (Å²) in [5, 5.41) is 9.68. The number of nitrogens with two attached hydrogens (primary N) is 1. The van der Waals surface area contributed by atoms with Gasteiger partial charge < -0.3 is 15.6 Å². The van der Waals surface area contributed by atoms with E-state index in [0.717, 1.165) is 32.3 Å². The van der Waals surface area contributed by atoms with Gasteiger partial charge in [0.15, 0.2) is 5.92 Å². The number of hydrogen-bond donors (Lipinski definition) is 2. The van der Waals surface area contributed by atoms with E-state index in [1.54, 1.807) is 0 Å². The first-order valence-electron chi connectivity index (χ1n) is 10.0. The minimum Gasteiger partial charge on any atom is -0.481 e. The molecule has 2 atom stereocenters. The molecule has 3 aromatic carbocycles. The Morgan fingerprint density at radius 3 is 2.06 bits per heavy atom. The van der Waals surface area contributed by atoms with Crippen LogP contribution in [0.2, 0.25) is 0 Å². The quantitative estimate of drug-likeness (QED) is 0.387. The molecule has 3 aromatic rings. The number of fused-ring (bicyclic) bond motifs is 3. The second kappa shape index (κ2) is 9.04. The number of carbonyl (C=O) groups excluding carboxylic acids is 1. The molecule has 0 bridgehead atoms. The van der Waals surface area contributed by atoms with Crippen molar-refractivity contribution in [1.82, 2.24) is 0 Å². The zero-order valence-electron chi connectivity index (χ0n) is 16.7. The normalized spacial score (nSPS) is 14.4. The van der Waals surface area contributed by atoms with Gasteiger partial charge in [0.05, 0.1) is 0 Å². The van der Waals surface area contributed by atoms with Gasteiger partial charge in [-0.05, 0) is 40.3 Å². The summed E-state index contributed by atoms with van der Waals surface area (Å²) in [7, 11) is 0. The van der Waals surface area contributed by atoms with Gasteiger partial charge in [0.2, 0.25) is 0 Å². The maximum Gasteiger partial charge on any atom is 0.321 e. The van der Waals surface area contributed by atoms with Crippen molar-refractivity contribution in [3.8, 4) is 11.1 Å². The van der Waals surface area contributed by atoms with Crippen molar-refractivity contribution in [3.05, 3.63) is 94.0 Å². The molecule has 0 saturated carbocycles. The lowest BCUT2D eigenvalue weighted by Gasteiger charge is -2.21. The summed E-state index contributed by atoms with van der Waals surface area (Å²) in [6.07, 6.45) is 0.239. The Morgan fingerprint density at radius 1 is 0.935 bits per heavy atom. The van der Waals surface area contributed by atoms with Gasteiger partial charge in [-0.3, -0.25) is 9.59 Å². The lowest BCUT2D eigenvalue weighted by molar-refractivity contribution is -0.159. The maximum atomic E-state index is 12.8. The molecule has 5 nitrogen and oxygen atoms in total. The molecule has 0 heterocycles. The van der Waals surface area contributed by atoms with Gasteiger partial charge in [0.25, 0.3) is 0 Å². The van der Waals surface area contributed by atoms with Gasteiger partial charge in [0.1, 0.15) is 6.61 Å². The predicted molar refractivity (Wildman–Crippen MR) is 122 cm³/mol. The van der Waals surface area contributed by atoms with E-state index >= 15 is 0 Å². The summed E-state index contributed by atoms with van der Waals surface area (Å²) in [6.45, 7) is 0.0678. The van der Waals surface area contributed by atoms with Crippen LogP contribution in [0.25, 0.3) is 11.1 Å². The highest BCUT2D eigenvalue weighted by Gasteiger charge is 2.36. The topological polar surface area (TPSA) is 89.6 Å². The lowest BCUT2D eigenvalue weighted by atomic mass is 9.94. The molecule has 1 aliphatic rings. The summed E-state index contributed by atoms with van der Waals surface area (Å²) in [5.41, 5.74) is 11.4. The number of esters is 1. The number of carboxylic acid groups (broad SMARTS) is 1. The van der Waals surface area contributed by atoms with Crippen LogP contribution >= 0.6 is 15.9 Å². The van der Waals surface area contributed by atoms with E-state index in [-0.39, 0.29) is 18.9 Å².